The average Bonchev–Trinajstić information content (AvgIpc) is 2.55. The lowest BCUT2D eigenvalue weighted by Gasteiger charge is -2.37. The highest BCUT2D eigenvalue weighted by Gasteiger charge is 2.40. The first-order valence-corrected chi connectivity index (χ1v) is 8.51. The fourth-order valence-electron chi connectivity index (χ4n) is 3.33. The highest BCUT2D eigenvalue weighted by Crippen LogP contribution is 2.41. The molecule has 1 heterocycles. The molecule has 2 nitrogen and oxygen atoms in total. The summed E-state index contributed by atoms with van der Waals surface area (Å²) in [5.41, 5.74) is 3.31. The van der Waals surface area contributed by atoms with Crippen molar-refractivity contribution in [1.29, 1.82) is 0 Å². The van der Waals surface area contributed by atoms with Crippen LogP contribution in [0.2, 0.25) is 0 Å². The van der Waals surface area contributed by atoms with Crippen molar-refractivity contribution in [2.75, 3.05) is 0 Å². The van der Waals surface area contributed by atoms with E-state index < -0.39 is 0 Å². The third kappa shape index (κ3) is 2.42. The Kier molecular flexibility index (Phi) is 3.62. The smallest absolute Gasteiger partial charge is 0.146 e. The number of ketones is 1. The molecule has 2 aromatic carbocycles. The molecular weight excluding hydrogens is 387 g/mol. The zero-order chi connectivity index (χ0) is 15.1. The Balaban J connectivity index is 1.66. The Morgan fingerprint density at radius 3 is 2.64 bits per heavy atom. The predicted molar refractivity (Wildman–Crippen MR) is 94.6 cm³/mol. The van der Waals surface area contributed by atoms with Crippen molar-refractivity contribution in [3.05, 3.63) is 74.9 Å². The van der Waals surface area contributed by atoms with Crippen LogP contribution in [-0.4, -0.2) is 11.9 Å². The van der Waals surface area contributed by atoms with Crippen molar-refractivity contribution in [3.63, 3.8) is 0 Å². The number of fused-ring (bicyclic) bond motifs is 3. The van der Waals surface area contributed by atoms with Crippen LogP contribution in [0.15, 0.2) is 54.6 Å². The second-order valence-electron chi connectivity index (χ2n) is 5.78. The van der Waals surface area contributed by atoms with Gasteiger partial charge in [0.15, 0.2) is 0 Å². The molecule has 2 aliphatic rings. The van der Waals surface area contributed by atoms with Crippen molar-refractivity contribution in [1.82, 2.24) is 0 Å². The molecule has 0 spiro atoms. The molecule has 4 rings (SSSR count). The van der Waals surface area contributed by atoms with E-state index in [4.69, 9.17) is 4.74 Å². The summed E-state index contributed by atoms with van der Waals surface area (Å²) in [6.07, 6.45) is 4.26. The van der Waals surface area contributed by atoms with Gasteiger partial charge in [0, 0.05) is 9.99 Å². The van der Waals surface area contributed by atoms with Crippen molar-refractivity contribution in [3.8, 4) is 0 Å². The van der Waals surface area contributed by atoms with Crippen LogP contribution in [0, 0.1) is 3.57 Å². The molecule has 1 aliphatic heterocycles. The second kappa shape index (κ2) is 5.63. The molecular formula is C19H15IO2. The van der Waals surface area contributed by atoms with Gasteiger partial charge in [0.1, 0.15) is 5.78 Å². The number of Topliss-reactive ketones (excluding diaryl/α,β-unsaturated/α-hetero) is 1. The summed E-state index contributed by atoms with van der Waals surface area (Å²) in [4.78, 5) is 12.7. The summed E-state index contributed by atoms with van der Waals surface area (Å²) < 4.78 is 7.42. The van der Waals surface area contributed by atoms with E-state index in [1.165, 1.54) is 3.57 Å². The summed E-state index contributed by atoms with van der Waals surface area (Å²) in [6.45, 7) is 0. The number of hydrogen-bond donors (Lipinski definition) is 0. The third-order valence-corrected chi connectivity index (χ3v) is 5.14. The van der Waals surface area contributed by atoms with E-state index in [0.29, 0.717) is 6.42 Å². The van der Waals surface area contributed by atoms with E-state index in [9.17, 15) is 4.79 Å². The van der Waals surface area contributed by atoms with Crippen LogP contribution in [-0.2, 0) is 9.53 Å². The molecule has 22 heavy (non-hydrogen) atoms. The Hall–Kier alpha value is -1.46. The van der Waals surface area contributed by atoms with Gasteiger partial charge in [-0.3, -0.25) is 4.79 Å². The number of carbonyl (C=O) groups excluding carboxylic acids is 1. The Morgan fingerprint density at radius 2 is 1.82 bits per heavy atom. The van der Waals surface area contributed by atoms with Crippen LogP contribution in [0.4, 0.5) is 0 Å². The first-order chi connectivity index (χ1) is 10.7. The average molecular weight is 402 g/mol. The largest absolute Gasteiger partial charge is 0.365 e. The summed E-state index contributed by atoms with van der Waals surface area (Å²) >= 11 is 2.28. The minimum absolute atomic E-state index is 0.138. The van der Waals surface area contributed by atoms with Gasteiger partial charge in [-0.15, -0.1) is 0 Å². The molecule has 0 saturated carbocycles. The standard InChI is InChI=1S/C19H15IO2/c20-14-8-5-13(6-9-14)18-11-16(21)19-15-4-2-1-3-12(15)7-10-17(19)22-18/h1-10,17-19H,11H2. The molecule has 0 radical (unpaired) electrons. The van der Waals surface area contributed by atoms with Crippen LogP contribution in [0.1, 0.15) is 35.1 Å². The fraction of sp³-hybridized carbons (Fsp3) is 0.211. The van der Waals surface area contributed by atoms with Crippen molar-refractivity contribution >= 4 is 34.5 Å². The van der Waals surface area contributed by atoms with Crippen LogP contribution in [0.25, 0.3) is 6.08 Å². The molecule has 3 heteroatoms. The first-order valence-electron chi connectivity index (χ1n) is 7.43. The zero-order valence-corrected chi connectivity index (χ0v) is 14.1. The van der Waals surface area contributed by atoms with Crippen molar-refractivity contribution in [2.24, 2.45) is 0 Å². The van der Waals surface area contributed by atoms with Crippen LogP contribution in [0.3, 0.4) is 0 Å². The van der Waals surface area contributed by atoms with Gasteiger partial charge in [0.2, 0.25) is 0 Å². The maximum absolute atomic E-state index is 12.7. The molecule has 0 aromatic heterocycles. The number of hydrogen-bond acceptors (Lipinski definition) is 2. The highest BCUT2D eigenvalue weighted by molar-refractivity contribution is 14.1. The number of benzene rings is 2. The molecule has 1 aliphatic carbocycles. The Morgan fingerprint density at radius 1 is 1.05 bits per heavy atom. The molecule has 1 fully saturated rings. The van der Waals surface area contributed by atoms with E-state index in [-0.39, 0.29) is 23.9 Å². The lowest BCUT2D eigenvalue weighted by atomic mass is 9.78. The van der Waals surface area contributed by atoms with E-state index in [0.717, 1.165) is 16.7 Å². The molecule has 3 atom stereocenters. The van der Waals surface area contributed by atoms with E-state index in [2.05, 4.69) is 59.0 Å². The van der Waals surface area contributed by atoms with Gasteiger partial charge >= 0.3 is 0 Å². The Bertz CT molecular complexity index is 748. The molecule has 110 valence electrons. The highest BCUT2D eigenvalue weighted by atomic mass is 127. The molecule has 3 unspecified atom stereocenters. The first kappa shape index (κ1) is 14.2. The summed E-state index contributed by atoms with van der Waals surface area (Å²) in [6, 6.07) is 16.3. The van der Waals surface area contributed by atoms with Crippen LogP contribution in [0.5, 0.6) is 0 Å². The quantitative estimate of drug-likeness (QED) is 0.657. The van der Waals surface area contributed by atoms with Crippen molar-refractivity contribution < 1.29 is 9.53 Å². The van der Waals surface area contributed by atoms with Gasteiger partial charge in [0.05, 0.1) is 18.1 Å². The minimum Gasteiger partial charge on any atom is -0.365 e. The maximum Gasteiger partial charge on any atom is 0.146 e. The van der Waals surface area contributed by atoms with E-state index in [1.807, 2.05) is 24.3 Å². The monoisotopic (exact) mass is 402 g/mol. The fourth-order valence-corrected chi connectivity index (χ4v) is 3.69. The summed E-state index contributed by atoms with van der Waals surface area (Å²) in [5, 5.41) is 0. The molecule has 0 amide bonds. The molecule has 1 saturated heterocycles. The number of rotatable bonds is 1. The zero-order valence-electron chi connectivity index (χ0n) is 11.9. The van der Waals surface area contributed by atoms with Gasteiger partial charge in [-0.2, -0.15) is 0 Å². The van der Waals surface area contributed by atoms with Gasteiger partial charge < -0.3 is 4.74 Å². The SMILES string of the molecule is O=C1CC(c2ccc(I)cc2)OC2C=Cc3ccccc3C12. The molecule has 2 aromatic rings. The van der Waals surface area contributed by atoms with Gasteiger partial charge in [0.25, 0.3) is 0 Å². The van der Waals surface area contributed by atoms with Gasteiger partial charge in [-0.25, -0.2) is 0 Å². The Labute approximate surface area is 143 Å². The van der Waals surface area contributed by atoms with Gasteiger partial charge in [-0.1, -0.05) is 48.6 Å². The minimum atomic E-state index is -0.152. The van der Waals surface area contributed by atoms with Crippen molar-refractivity contribution in [2.45, 2.75) is 24.5 Å². The second-order valence-corrected chi connectivity index (χ2v) is 7.02. The topological polar surface area (TPSA) is 26.3 Å². The van der Waals surface area contributed by atoms with E-state index in [1.54, 1.807) is 0 Å². The normalized spacial score (nSPS) is 26.4. The number of halogens is 1. The van der Waals surface area contributed by atoms with Gasteiger partial charge in [-0.05, 0) is 51.4 Å². The lowest BCUT2D eigenvalue weighted by Crippen LogP contribution is -2.37. The van der Waals surface area contributed by atoms with E-state index >= 15 is 0 Å². The molecule has 0 bridgehead atoms. The molecule has 0 N–H and O–H groups in total. The third-order valence-electron chi connectivity index (χ3n) is 4.42. The summed E-state index contributed by atoms with van der Waals surface area (Å²) in [7, 11) is 0. The van der Waals surface area contributed by atoms with Crippen LogP contribution < -0.4 is 0 Å². The lowest BCUT2D eigenvalue weighted by molar-refractivity contribution is -0.136. The predicted octanol–water partition coefficient (Wildman–Crippen LogP) is 4.50. The number of carbonyl (C=O) groups is 1. The maximum atomic E-state index is 12.7. The number of ether oxygens (including phenoxy) is 1. The summed E-state index contributed by atoms with van der Waals surface area (Å²) in [5.74, 6) is 0.123. The van der Waals surface area contributed by atoms with Crippen LogP contribution >= 0.6 is 22.6 Å².